The molecule has 19 heteroatoms. The lowest BCUT2D eigenvalue weighted by Crippen LogP contribution is -2.51. The highest BCUT2D eigenvalue weighted by Crippen LogP contribution is 2.51. The predicted molar refractivity (Wildman–Crippen MR) is 222 cm³/mol. The first-order chi connectivity index (χ1) is 29.1. The molecule has 0 aromatic heterocycles. The van der Waals surface area contributed by atoms with E-state index in [1.807, 2.05) is 13.8 Å². The van der Waals surface area contributed by atoms with Crippen molar-refractivity contribution in [2.45, 2.75) is 83.0 Å². The molecule has 0 saturated carbocycles. The highest BCUT2D eigenvalue weighted by Gasteiger charge is 2.44. The third-order valence-corrected chi connectivity index (χ3v) is 13.2. The van der Waals surface area contributed by atoms with E-state index >= 15 is 0 Å². The maximum absolute atomic E-state index is 14.2. The first kappa shape index (κ1) is 47.6. The summed E-state index contributed by atoms with van der Waals surface area (Å²) in [5.74, 6) is 0.213. The summed E-state index contributed by atoms with van der Waals surface area (Å²) >= 11 is 0. The van der Waals surface area contributed by atoms with E-state index in [4.69, 9.17) is 42.2 Å². The van der Waals surface area contributed by atoms with Gasteiger partial charge in [0.25, 0.3) is 0 Å². The number of esters is 1. The number of para-hydroxylation sites is 2. The number of carbonyl (C=O) groups excluding carboxylic acids is 2. The molecular formula is C42H57N2O15PS. The van der Waals surface area contributed by atoms with Gasteiger partial charge in [-0.25, -0.2) is 22.6 Å². The summed E-state index contributed by atoms with van der Waals surface area (Å²) in [5, 5.41) is 14.6. The topological polar surface area (TPSA) is 204 Å². The molecule has 3 aromatic rings. The average Bonchev–Trinajstić information content (AvgIpc) is 3.86. The van der Waals surface area contributed by atoms with Crippen molar-refractivity contribution >= 4 is 29.7 Å². The van der Waals surface area contributed by atoms with Crippen LogP contribution < -0.4 is 24.1 Å². The Morgan fingerprint density at radius 1 is 0.918 bits per heavy atom. The third kappa shape index (κ3) is 13.3. The van der Waals surface area contributed by atoms with Crippen molar-refractivity contribution in [1.29, 1.82) is 0 Å². The second-order valence-electron chi connectivity index (χ2n) is 14.9. The molecule has 0 radical (unpaired) electrons. The van der Waals surface area contributed by atoms with E-state index in [1.54, 1.807) is 74.5 Å². The smallest absolute Gasteiger partial charge is 0.417 e. The zero-order valence-corrected chi connectivity index (χ0v) is 37.0. The molecule has 336 valence electrons. The van der Waals surface area contributed by atoms with E-state index in [1.165, 1.54) is 30.5 Å². The lowest BCUT2D eigenvalue weighted by molar-refractivity contribution is -0.150. The Kier molecular flexibility index (Phi) is 17.2. The summed E-state index contributed by atoms with van der Waals surface area (Å²) in [4.78, 5) is 25.9. The second kappa shape index (κ2) is 22.1. The number of amides is 1. The van der Waals surface area contributed by atoms with Crippen molar-refractivity contribution in [1.82, 2.24) is 9.62 Å². The molecule has 0 aliphatic carbocycles. The minimum Gasteiger partial charge on any atom is -0.497 e. The number of sulfonamides is 1. The number of ether oxygens (including phenoxy) is 7. The minimum atomic E-state index is -4.21. The first-order valence-corrected chi connectivity index (χ1v) is 23.4. The van der Waals surface area contributed by atoms with Crippen LogP contribution in [0, 0.1) is 11.8 Å². The Balaban J connectivity index is 1.34. The Hall–Kier alpha value is -4.42. The van der Waals surface area contributed by atoms with Crippen molar-refractivity contribution < 1.29 is 69.9 Å². The summed E-state index contributed by atoms with van der Waals surface area (Å²) in [6.45, 7) is 9.32. The molecule has 2 fully saturated rings. The number of fused-ring (bicyclic) bond motifs is 1. The summed E-state index contributed by atoms with van der Waals surface area (Å²) < 4.78 is 93.5. The van der Waals surface area contributed by atoms with Gasteiger partial charge in [0.1, 0.15) is 17.6 Å². The van der Waals surface area contributed by atoms with Gasteiger partial charge in [-0.05, 0) is 93.6 Å². The van der Waals surface area contributed by atoms with Gasteiger partial charge in [-0.15, -0.1) is 0 Å². The van der Waals surface area contributed by atoms with E-state index < -0.39 is 66.7 Å². The fourth-order valence-corrected chi connectivity index (χ4v) is 9.87. The zero-order valence-electron chi connectivity index (χ0n) is 35.3. The van der Waals surface area contributed by atoms with Crippen molar-refractivity contribution in [2.75, 3.05) is 53.0 Å². The number of hydrogen-bond acceptors (Lipinski definition) is 15. The van der Waals surface area contributed by atoms with Crippen molar-refractivity contribution in [3.05, 3.63) is 78.4 Å². The second-order valence-corrected chi connectivity index (χ2v) is 18.7. The molecule has 0 spiro atoms. The summed E-state index contributed by atoms with van der Waals surface area (Å²) in [5.41, 5.74) is 0.621. The van der Waals surface area contributed by atoms with E-state index in [9.17, 15) is 27.7 Å². The van der Waals surface area contributed by atoms with E-state index in [0.717, 1.165) is 0 Å². The lowest BCUT2D eigenvalue weighted by Gasteiger charge is -2.31. The Morgan fingerprint density at radius 2 is 1.61 bits per heavy atom. The van der Waals surface area contributed by atoms with Gasteiger partial charge in [-0.2, -0.15) is 4.31 Å². The molecule has 7 atom stereocenters. The van der Waals surface area contributed by atoms with E-state index in [2.05, 4.69) is 5.32 Å². The Bertz CT molecular complexity index is 2040. The standard InChI is InChI=1S/C42H57N2O15PS/c1-7-52-37-11-9-10-12-38(37)59-60(48,58-29(5)40(46)53-8-2)27-56-32-15-13-30(14-16-32)23-35(43-42(47)57-39-26-55-41-34(39)21-22-54-41)36(45)25-44(24-28(3)4)61(49,50)33-19-17-31(51-6)18-20-33/h9-20,28-29,34-36,39,41,45H,7-8,21-27H2,1-6H3,(H,43,47)/t29-,34-,35-,36+,39-,41+,60?/m0/s1. The van der Waals surface area contributed by atoms with E-state index in [-0.39, 0.29) is 61.0 Å². The maximum atomic E-state index is 14.2. The molecular weight excluding hydrogens is 836 g/mol. The number of alkyl carbamates (subject to hydrolysis) is 1. The molecule has 1 amide bonds. The molecule has 2 N–H and O–H groups in total. The van der Waals surface area contributed by atoms with Crippen LogP contribution in [0.1, 0.15) is 46.6 Å². The van der Waals surface area contributed by atoms with Gasteiger partial charge in [-0.3, -0.25) is 4.52 Å². The van der Waals surface area contributed by atoms with Gasteiger partial charge >= 0.3 is 19.7 Å². The monoisotopic (exact) mass is 892 g/mol. The molecule has 5 rings (SSSR count). The number of aliphatic hydroxyl groups excluding tert-OH is 1. The lowest BCUT2D eigenvalue weighted by atomic mass is 10.0. The Labute approximate surface area is 357 Å². The average molecular weight is 893 g/mol. The SMILES string of the molecule is CCOC(=O)[C@H](C)OP(=O)(COc1ccc(C[C@H](NC(=O)O[C@H]2CO[C@H]3OCC[C@H]32)[C@H](O)CN(CC(C)C)S(=O)(=O)c2ccc(OC)cc2)cc1)Oc1ccccc1OCC. The summed E-state index contributed by atoms with van der Waals surface area (Å²) in [7, 11) is -6.83. The molecule has 3 aromatic carbocycles. The van der Waals surface area contributed by atoms with Gasteiger partial charge < -0.3 is 48.1 Å². The van der Waals surface area contributed by atoms with Crippen LogP contribution in [-0.2, 0) is 49.3 Å². The van der Waals surface area contributed by atoms with E-state index in [0.29, 0.717) is 36.7 Å². The number of nitrogens with zero attached hydrogens (tertiary/aromatic N) is 1. The molecule has 2 heterocycles. The molecule has 17 nitrogen and oxygen atoms in total. The van der Waals surface area contributed by atoms with Gasteiger partial charge in [-0.1, -0.05) is 38.1 Å². The molecule has 2 aliphatic heterocycles. The summed E-state index contributed by atoms with van der Waals surface area (Å²) in [6.07, 6.45) is -4.38. The van der Waals surface area contributed by atoms with Crippen LogP contribution >= 0.6 is 7.60 Å². The summed E-state index contributed by atoms with van der Waals surface area (Å²) in [6, 6.07) is 18.0. The van der Waals surface area contributed by atoms with Crippen LogP contribution in [0.2, 0.25) is 0 Å². The number of rotatable bonds is 23. The van der Waals surface area contributed by atoms with Gasteiger partial charge in [0.2, 0.25) is 16.4 Å². The molecule has 0 bridgehead atoms. The van der Waals surface area contributed by atoms with Crippen molar-refractivity contribution in [3.8, 4) is 23.0 Å². The van der Waals surface area contributed by atoms with Crippen LogP contribution in [0.5, 0.6) is 23.0 Å². The first-order valence-electron chi connectivity index (χ1n) is 20.2. The van der Waals surface area contributed by atoms with Crippen LogP contribution in [0.3, 0.4) is 0 Å². The zero-order chi connectivity index (χ0) is 44.2. The highest BCUT2D eigenvalue weighted by atomic mass is 32.2. The number of hydrogen-bond donors (Lipinski definition) is 2. The fourth-order valence-electron chi connectivity index (χ4n) is 6.77. The van der Waals surface area contributed by atoms with Gasteiger partial charge in [0, 0.05) is 13.1 Å². The van der Waals surface area contributed by atoms with Crippen LogP contribution in [0.25, 0.3) is 0 Å². The predicted octanol–water partition coefficient (Wildman–Crippen LogP) is 5.78. The normalized spacial score (nSPS) is 19.9. The quantitative estimate of drug-likeness (QED) is 0.0856. The molecule has 1 unspecified atom stereocenters. The number of benzene rings is 3. The molecule has 2 saturated heterocycles. The van der Waals surface area contributed by atoms with Crippen LogP contribution in [0.15, 0.2) is 77.7 Å². The molecule has 61 heavy (non-hydrogen) atoms. The van der Waals surface area contributed by atoms with Crippen LogP contribution in [-0.4, -0.2) is 114 Å². The van der Waals surface area contributed by atoms with Gasteiger partial charge in [0.05, 0.1) is 56.5 Å². The number of aliphatic hydroxyl groups is 1. The largest absolute Gasteiger partial charge is 0.497 e. The van der Waals surface area contributed by atoms with Gasteiger partial charge in [0.15, 0.2) is 23.9 Å². The maximum Gasteiger partial charge on any atom is 0.417 e. The van der Waals surface area contributed by atoms with Crippen molar-refractivity contribution in [3.63, 3.8) is 0 Å². The Morgan fingerprint density at radius 3 is 2.26 bits per heavy atom. The number of nitrogens with one attached hydrogen (secondary N) is 1. The minimum absolute atomic E-state index is 0.0180. The third-order valence-electron chi connectivity index (χ3n) is 9.76. The van der Waals surface area contributed by atoms with Crippen LogP contribution in [0.4, 0.5) is 4.79 Å². The fraction of sp³-hybridized carbons (Fsp3) is 0.524. The number of methoxy groups -OCH3 is 1. The molecule has 2 aliphatic rings. The number of carbonyl (C=O) groups is 2. The van der Waals surface area contributed by atoms with Crippen molar-refractivity contribution in [2.24, 2.45) is 11.8 Å². The highest BCUT2D eigenvalue weighted by molar-refractivity contribution is 7.89.